The predicted octanol–water partition coefficient (Wildman–Crippen LogP) is 4.28. The molecule has 0 unspecified atom stereocenters. The largest absolute Gasteiger partial charge is 0.416 e. The lowest BCUT2D eigenvalue weighted by molar-refractivity contribution is -0.137. The number of aromatic nitrogens is 2. The zero-order valence-corrected chi connectivity index (χ0v) is 15.0. The number of hydrogen-bond donors (Lipinski definition) is 1. The molecule has 0 spiro atoms. The maximum atomic E-state index is 14.2. The molecule has 29 heavy (non-hydrogen) atoms. The molecule has 3 rings (SSSR count). The highest BCUT2D eigenvalue weighted by Gasteiger charge is 2.31. The number of rotatable bonds is 4. The lowest BCUT2D eigenvalue weighted by Gasteiger charge is -2.12. The molecular weight excluding hydrogens is 424 g/mol. The first kappa shape index (κ1) is 20.9. The van der Waals surface area contributed by atoms with Crippen molar-refractivity contribution < 1.29 is 34.8 Å². The van der Waals surface area contributed by atoms with Crippen molar-refractivity contribution in [1.82, 2.24) is 9.78 Å². The van der Waals surface area contributed by atoms with E-state index in [9.17, 15) is 34.8 Å². The first-order valence-electron chi connectivity index (χ1n) is 7.76. The molecule has 0 aliphatic carbocycles. The molecule has 2 aromatic carbocycles. The third-order valence-corrected chi connectivity index (χ3v) is 4.85. The Hall–Kier alpha value is -2.86. The van der Waals surface area contributed by atoms with Crippen molar-refractivity contribution in [3.8, 4) is 16.9 Å². The van der Waals surface area contributed by atoms with E-state index in [4.69, 9.17) is 5.14 Å². The van der Waals surface area contributed by atoms with E-state index in [2.05, 4.69) is 5.10 Å². The van der Waals surface area contributed by atoms with Crippen molar-refractivity contribution in [2.24, 2.45) is 5.14 Å². The first-order chi connectivity index (χ1) is 13.4. The molecule has 1 heterocycles. The summed E-state index contributed by atoms with van der Waals surface area (Å²) in [6, 6.07) is 7.26. The molecule has 0 fully saturated rings. The summed E-state index contributed by atoms with van der Waals surface area (Å²) in [7, 11) is -4.37. The molecule has 0 saturated heterocycles. The van der Waals surface area contributed by atoms with Crippen LogP contribution < -0.4 is 5.14 Å². The summed E-state index contributed by atoms with van der Waals surface area (Å²) in [5.74, 6) is -1.25. The lowest BCUT2D eigenvalue weighted by atomic mass is 10.1. The van der Waals surface area contributed by atoms with Crippen LogP contribution in [0.5, 0.6) is 0 Å². The maximum Gasteiger partial charge on any atom is 0.416 e. The van der Waals surface area contributed by atoms with E-state index in [0.717, 1.165) is 41.1 Å². The highest BCUT2D eigenvalue weighted by molar-refractivity contribution is 7.89. The molecule has 0 saturated carbocycles. The van der Waals surface area contributed by atoms with E-state index in [1.807, 2.05) is 0 Å². The van der Waals surface area contributed by atoms with E-state index in [1.165, 1.54) is 6.07 Å². The molecule has 0 atom stereocenters. The summed E-state index contributed by atoms with van der Waals surface area (Å²) in [6.07, 6.45) is -7.73. The summed E-state index contributed by atoms with van der Waals surface area (Å²) in [5, 5.41) is 8.49. The molecule has 3 aromatic rings. The van der Waals surface area contributed by atoms with E-state index in [1.54, 1.807) is 0 Å². The molecule has 0 aliphatic rings. The van der Waals surface area contributed by atoms with Gasteiger partial charge in [0.25, 0.3) is 6.43 Å². The topological polar surface area (TPSA) is 78.0 Å². The zero-order chi connectivity index (χ0) is 21.6. The van der Waals surface area contributed by atoms with Crippen LogP contribution in [0, 0.1) is 5.82 Å². The van der Waals surface area contributed by atoms with E-state index in [-0.39, 0.29) is 16.9 Å². The number of primary sulfonamides is 1. The van der Waals surface area contributed by atoms with Gasteiger partial charge in [0, 0.05) is 5.56 Å². The number of nitrogens with zero attached hydrogens (tertiary/aromatic N) is 2. The minimum atomic E-state index is -4.68. The van der Waals surface area contributed by atoms with Gasteiger partial charge in [0.05, 0.1) is 16.9 Å². The Labute approximate surface area is 160 Å². The van der Waals surface area contributed by atoms with Gasteiger partial charge in [-0.25, -0.2) is 31.4 Å². The predicted molar refractivity (Wildman–Crippen MR) is 90.3 cm³/mol. The monoisotopic (exact) mass is 435 g/mol. The van der Waals surface area contributed by atoms with Gasteiger partial charge in [-0.05, 0) is 36.4 Å². The summed E-state index contributed by atoms with van der Waals surface area (Å²) in [5.41, 5.74) is -2.25. The zero-order valence-electron chi connectivity index (χ0n) is 14.2. The Balaban J connectivity index is 2.20. The fraction of sp³-hybridized carbons (Fsp3) is 0.118. The number of benzene rings is 2. The van der Waals surface area contributed by atoms with Gasteiger partial charge in [0.15, 0.2) is 0 Å². The van der Waals surface area contributed by atoms with Crippen molar-refractivity contribution >= 4 is 10.0 Å². The lowest BCUT2D eigenvalue weighted by Crippen LogP contribution is -2.14. The van der Waals surface area contributed by atoms with Crippen LogP contribution in [0.1, 0.15) is 17.7 Å². The van der Waals surface area contributed by atoms with Gasteiger partial charge >= 0.3 is 6.18 Å². The fourth-order valence-electron chi connectivity index (χ4n) is 2.61. The molecule has 154 valence electrons. The molecule has 0 amide bonds. The van der Waals surface area contributed by atoms with E-state index < -0.39 is 44.6 Å². The summed E-state index contributed by atoms with van der Waals surface area (Å²) in [6.45, 7) is 0. The van der Waals surface area contributed by atoms with Crippen LogP contribution in [0.15, 0.2) is 53.4 Å². The second-order valence-electron chi connectivity index (χ2n) is 5.91. The third kappa shape index (κ3) is 4.27. The standard InChI is InChI=1S/C17H11F6N3O2S/c18-12-6-9(4-5-15(12)29(24,27)28)14-8-13(16(19)20)25-26(14)11-3-1-2-10(7-11)17(21,22)23/h1-8,16H,(H2,24,27,28). The Kier molecular flexibility index (Phi) is 5.17. The summed E-state index contributed by atoms with van der Waals surface area (Å²) in [4.78, 5) is -0.819. The summed E-state index contributed by atoms with van der Waals surface area (Å²) < 4.78 is 103. The van der Waals surface area contributed by atoms with Crippen molar-refractivity contribution in [2.75, 3.05) is 0 Å². The minimum Gasteiger partial charge on any atom is -0.233 e. The van der Waals surface area contributed by atoms with Crippen molar-refractivity contribution in [3.05, 3.63) is 65.6 Å². The number of halogens is 6. The molecule has 2 N–H and O–H groups in total. The molecule has 0 bridgehead atoms. The van der Waals surface area contributed by atoms with Crippen LogP contribution in [-0.2, 0) is 16.2 Å². The summed E-state index contributed by atoms with van der Waals surface area (Å²) >= 11 is 0. The van der Waals surface area contributed by atoms with Crippen LogP contribution in [0.3, 0.4) is 0 Å². The minimum absolute atomic E-state index is 0.0910. The fourth-order valence-corrected chi connectivity index (χ4v) is 3.20. The average molecular weight is 435 g/mol. The van der Waals surface area contributed by atoms with Gasteiger partial charge in [-0.15, -0.1) is 0 Å². The van der Waals surface area contributed by atoms with Crippen LogP contribution in [0.4, 0.5) is 26.3 Å². The Morgan fingerprint density at radius 1 is 1.03 bits per heavy atom. The van der Waals surface area contributed by atoms with Crippen LogP contribution in [0.2, 0.25) is 0 Å². The number of sulfonamides is 1. The first-order valence-corrected chi connectivity index (χ1v) is 9.31. The molecule has 0 radical (unpaired) electrons. The Morgan fingerprint density at radius 2 is 1.72 bits per heavy atom. The third-order valence-electron chi connectivity index (χ3n) is 3.90. The molecule has 1 aromatic heterocycles. The normalized spacial score (nSPS) is 12.6. The molecule has 0 aliphatic heterocycles. The molecule has 5 nitrogen and oxygen atoms in total. The van der Waals surface area contributed by atoms with Crippen molar-refractivity contribution in [2.45, 2.75) is 17.5 Å². The van der Waals surface area contributed by atoms with Crippen molar-refractivity contribution in [3.63, 3.8) is 0 Å². The maximum absolute atomic E-state index is 14.2. The van der Waals surface area contributed by atoms with E-state index in [0.29, 0.717) is 6.07 Å². The van der Waals surface area contributed by atoms with Crippen LogP contribution >= 0.6 is 0 Å². The van der Waals surface area contributed by atoms with Gasteiger partial charge in [-0.1, -0.05) is 12.1 Å². The van der Waals surface area contributed by atoms with Crippen LogP contribution in [-0.4, -0.2) is 18.2 Å². The van der Waals surface area contributed by atoms with Gasteiger partial charge in [0.1, 0.15) is 16.4 Å². The smallest absolute Gasteiger partial charge is 0.233 e. The molecular formula is C17H11F6N3O2S. The van der Waals surface area contributed by atoms with Crippen molar-refractivity contribution in [1.29, 1.82) is 0 Å². The van der Waals surface area contributed by atoms with Gasteiger partial charge in [-0.3, -0.25) is 0 Å². The second kappa shape index (κ2) is 7.19. The Morgan fingerprint density at radius 3 is 2.28 bits per heavy atom. The Bertz CT molecular complexity index is 1170. The van der Waals surface area contributed by atoms with Gasteiger partial charge < -0.3 is 0 Å². The SMILES string of the molecule is NS(=O)(=O)c1ccc(-c2cc(C(F)F)nn2-c2cccc(C(F)(F)F)c2)cc1F. The highest BCUT2D eigenvalue weighted by atomic mass is 32.2. The molecule has 12 heteroatoms. The number of alkyl halides is 5. The van der Waals surface area contributed by atoms with E-state index >= 15 is 0 Å². The second-order valence-corrected chi connectivity index (χ2v) is 7.44. The van der Waals surface area contributed by atoms with Crippen LogP contribution in [0.25, 0.3) is 16.9 Å². The van der Waals surface area contributed by atoms with Gasteiger partial charge in [0.2, 0.25) is 10.0 Å². The average Bonchev–Trinajstić information content (AvgIpc) is 3.05. The quantitative estimate of drug-likeness (QED) is 0.622. The number of nitrogens with two attached hydrogens (primary N) is 1. The number of hydrogen-bond acceptors (Lipinski definition) is 3. The highest BCUT2D eigenvalue weighted by Crippen LogP contribution is 2.33. The van der Waals surface area contributed by atoms with Gasteiger partial charge in [-0.2, -0.15) is 18.3 Å².